The highest BCUT2D eigenvalue weighted by Gasteiger charge is 2.22. The molecule has 0 saturated carbocycles. The Balaban J connectivity index is 1.05. The molecule has 0 atom stereocenters. The van der Waals surface area contributed by atoms with Crippen LogP contribution in [0.1, 0.15) is 36.0 Å². The Labute approximate surface area is 282 Å². The molecule has 4 aromatic carbocycles. The van der Waals surface area contributed by atoms with E-state index in [1.807, 2.05) is 78.5 Å². The second-order valence-corrected chi connectivity index (χ2v) is 12.5. The van der Waals surface area contributed by atoms with Crippen molar-refractivity contribution in [3.63, 3.8) is 0 Å². The number of ether oxygens (including phenoxy) is 3. The number of aromatic nitrogens is 3. The number of aryl methyl sites for hydroxylation is 1. The molecule has 7 rings (SSSR count). The van der Waals surface area contributed by atoms with Crippen molar-refractivity contribution >= 4 is 16.6 Å². The number of pyridine rings is 1. The molecule has 0 bridgehead atoms. The molecule has 1 saturated heterocycles. The van der Waals surface area contributed by atoms with E-state index in [-0.39, 0.29) is 0 Å². The van der Waals surface area contributed by atoms with Crippen molar-refractivity contribution < 1.29 is 14.2 Å². The number of fused-ring (bicyclic) bond motifs is 1. The molecule has 48 heavy (non-hydrogen) atoms. The Bertz CT molecular complexity index is 1900. The zero-order valence-electron chi connectivity index (χ0n) is 27.5. The lowest BCUT2D eigenvalue weighted by atomic mass is 9.93. The van der Waals surface area contributed by atoms with Gasteiger partial charge >= 0.3 is 0 Å². The molecule has 0 amide bonds. The summed E-state index contributed by atoms with van der Waals surface area (Å²) in [4.78, 5) is 7.33. The zero-order valence-corrected chi connectivity index (χ0v) is 27.5. The van der Waals surface area contributed by atoms with E-state index in [9.17, 15) is 0 Å². The van der Waals surface area contributed by atoms with E-state index in [2.05, 4.69) is 59.5 Å². The van der Waals surface area contributed by atoms with Crippen LogP contribution < -0.4 is 14.4 Å². The van der Waals surface area contributed by atoms with Gasteiger partial charge in [-0.05, 0) is 66.1 Å². The van der Waals surface area contributed by atoms with Gasteiger partial charge in [-0.1, -0.05) is 91.0 Å². The van der Waals surface area contributed by atoms with E-state index < -0.39 is 0 Å². The molecule has 1 fully saturated rings. The highest BCUT2D eigenvalue weighted by molar-refractivity contribution is 5.96. The zero-order chi connectivity index (χ0) is 32.5. The molecule has 2 aromatic heterocycles. The smallest absolute Gasteiger partial charge is 0.226 e. The minimum atomic E-state index is 0.396. The normalized spacial score (nSPS) is 13.6. The molecule has 6 aromatic rings. The van der Waals surface area contributed by atoms with Gasteiger partial charge in [-0.2, -0.15) is 10.1 Å². The average molecular weight is 639 g/mol. The van der Waals surface area contributed by atoms with Gasteiger partial charge in [0.05, 0.1) is 17.7 Å². The molecule has 7 heteroatoms. The minimum Gasteiger partial charge on any atom is -0.473 e. The van der Waals surface area contributed by atoms with Crippen LogP contribution in [-0.2, 0) is 31.6 Å². The fourth-order valence-corrected chi connectivity index (χ4v) is 6.39. The van der Waals surface area contributed by atoms with Crippen LogP contribution in [0.3, 0.4) is 0 Å². The summed E-state index contributed by atoms with van der Waals surface area (Å²) < 4.78 is 20.4. The SMILES string of the molecule is Cn1nc(-c2ccc(OCc3ccccc3)nc2OCc2ccccc2)c2ccc(N3CCC(CCOCc4ccccc4)CC3)cc21. The van der Waals surface area contributed by atoms with Gasteiger partial charge in [-0.15, -0.1) is 0 Å². The second kappa shape index (κ2) is 15.2. The van der Waals surface area contributed by atoms with Gasteiger partial charge in [0.2, 0.25) is 11.8 Å². The lowest BCUT2D eigenvalue weighted by Gasteiger charge is -2.33. The van der Waals surface area contributed by atoms with Gasteiger partial charge in [-0.3, -0.25) is 4.68 Å². The molecular formula is C41H42N4O3. The lowest BCUT2D eigenvalue weighted by Crippen LogP contribution is -2.34. The van der Waals surface area contributed by atoms with E-state index in [0.29, 0.717) is 37.5 Å². The van der Waals surface area contributed by atoms with Crippen LogP contribution in [0.15, 0.2) is 121 Å². The molecule has 1 aliphatic rings. The number of hydrogen-bond acceptors (Lipinski definition) is 6. The summed E-state index contributed by atoms with van der Waals surface area (Å²) >= 11 is 0. The molecule has 7 nitrogen and oxygen atoms in total. The van der Waals surface area contributed by atoms with Crippen LogP contribution in [-0.4, -0.2) is 34.5 Å². The van der Waals surface area contributed by atoms with Crippen molar-refractivity contribution in [2.45, 2.75) is 39.1 Å². The standard InChI is InChI=1S/C41H42N4O3/c1-44-38-27-35(45-24-21-31(22-25-45)23-26-46-28-32-11-5-2-6-12-32)17-18-36(38)40(43-44)37-19-20-39(47-29-33-13-7-3-8-14-33)42-41(37)48-30-34-15-9-4-10-16-34/h2-20,27,31H,21-26,28-30H2,1H3. The third-order valence-corrected chi connectivity index (χ3v) is 9.13. The molecule has 0 aliphatic carbocycles. The van der Waals surface area contributed by atoms with Gasteiger partial charge in [-0.25, -0.2) is 0 Å². The maximum Gasteiger partial charge on any atom is 0.226 e. The summed E-state index contributed by atoms with van der Waals surface area (Å²) in [6.07, 6.45) is 3.47. The first-order chi connectivity index (χ1) is 23.7. The minimum absolute atomic E-state index is 0.396. The van der Waals surface area contributed by atoms with Gasteiger partial charge in [0.25, 0.3) is 0 Å². The average Bonchev–Trinajstić information content (AvgIpc) is 3.48. The first-order valence-electron chi connectivity index (χ1n) is 16.9. The molecule has 3 heterocycles. The Morgan fingerprint density at radius 1 is 0.688 bits per heavy atom. The lowest BCUT2D eigenvalue weighted by molar-refractivity contribution is 0.104. The van der Waals surface area contributed by atoms with E-state index in [4.69, 9.17) is 24.3 Å². The molecule has 0 spiro atoms. The second-order valence-electron chi connectivity index (χ2n) is 12.5. The quantitative estimate of drug-likeness (QED) is 0.118. The van der Waals surface area contributed by atoms with Gasteiger partial charge in [0.1, 0.15) is 18.9 Å². The Kier molecular flexibility index (Phi) is 9.95. The topological polar surface area (TPSA) is 61.6 Å². The predicted molar refractivity (Wildman–Crippen MR) is 191 cm³/mol. The number of hydrogen-bond donors (Lipinski definition) is 0. The van der Waals surface area contributed by atoms with Crippen LogP contribution in [0.25, 0.3) is 22.2 Å². The van der Waals surface area contributed by atoms with Crippen LogP contribution in [0.4, 0.5) is 5.69 Å². The van der Waals surface area contributed by atoms with Crippen molar-refractivity contribution in [3.05, 3.63) is 138 Å². The van der Waals surface area contributed by atoms with Gasteiger partial charge in [0.15, 0.2) is 0 Å². The maximum absolute atomic E-state index is 6.36. The molecule has 1 aliphatic heterocycles. The highest BCUT2D eigenvalue weighted by Crippen LogP contribution is 2.37. The van der Waals surface area contributed by atoms with Crippen molar-refractivity contribution in [3.8, 4) is 23.0 Å². The first kappa shape index (κ1) is 31.5. The number of rotatable bonds is 13. The fraction of sp³-hybridized carbons (Fsp3) is 0.268. The number of anilines is 1. The van der Waals surface area contributed by atoms with Gasteiger partial charge in [0, 0.05) is 43.9 Å². The first-order valence-corrected chi connectivity index (χ1v) is 16.9. The molecule has 244 valence electrons. The van der Waals surface area contributed by atoms with Crippen molar-refractivity contribution in [2.24, 2.45) is 13.0 Å². The number of piperidine rings is 1. The molecule has 0 N–H and O–H groups in total. The summed E-state index contributed by atoms with van der Waals surface area (Å²) in [5.41, 5.74) is 7.39. The number of benzene rings is 4. The fourth-order valence-electron chi connectivity index (χ4n) is 6.39. The van der Waals surface area contributed by atoms with Crippen molar-refractivity contribution in [1.82, 2.24) is 14.8 Å². The monoisotopic (exact) mass is 638 g/mol. The molecule has 0 radical (unpaired) electrons. The van der Waals surface area contributed by atoms with E-state index in [0.717, 1.165) is 59.4 Å². The predicted octanol–water partition coefficient (Wildman–Crippen LogP) is 8.62. The van der Waals surface area contributed by atoms with E-state index in [1.54, 1.807) is 0 Å². The van der Waals surface area contributed by atoms with Crippen molar-refractivity contribution in [1.29, 1.82) is 0 Å². The molecular weight excluding hydrogens is 596 g/mol. The maximum atomic E-state index is 6.36. The van der Waals surface area contributed by atoms with Crippen LogP contribution in [0.5, 0.6) is 11.8 Å². The van der Waals surface area contributed by atoms with Crippen LogP contribution in [0.2, 0.25) is 0 Å². The Morgan fingerprint density at radius 3 is 1.98 bits per heavy atom. The summed E-state index contributed by atoms with van der Waals surface area (Å²) in [7, 11) is 2.01. The van der Waals surface area contributed by atoms with E-state index in [1.165, 1.54) is 24.1 Å². The molecule has 0 unspecified atom stereocenters. The largest absolute Gasteiger partial charge is 0.473 e. The Morgan fingerprint density at radius 2 is 1.31 bits per heavy atom. The Hall–Kier alpha value is -5.14. The number of nitrogens with zero attached hydrogens (tertiary/aromatic N) is 4. The summed E-state index contributed by atoms with van der Waals surface area (Å²) in [5.74, 6) is 1.72. The van der Waals surface area contributed by atoms with Gasteiger partial charge < -0.3 is 19.1 Å². The van der Waals surface area contributed by atoms with E-state index >= 15 is 0 Å². The third kappa shape index (κ3) is 7.69. The highest BCUT2D eigenvalue weighted by atomic mass is 16.5. The van der Waals surface area contributed by atoms with Crippen molar-refractivity contribution in [2.75, 3.05) is 24.6 Å². The summed E-state index contributed by atoms with van der Waals surface area (Å²) in [5, 5.41) is 6.05. The van der Waals surface area contributed by atoms with Crippen LogP contribution in [0, 0.1) is 5.92 Å². The summed E-state index contributed by atoms with van der Waals surface area (Å²) in [6.45, 7) is 4.42. The third-order valence-electron chi connectivity index (χ3n) is 9.13. The summed E-state index contributed by atoms with van der Waals surface area (Å²) in [6, 6.07) is 41.3. The van der Waals surface area contributed by atoms with Crippen LogP contribution >= 0.6 is 0 Å².